The maximum absolute atomic E-state index is 13.9. The van der Waals surface area contributed by atoms with Crippen LogP contribution in [0, 0.1) is 11.6 Å². The lowest BCUT2D eigenvalue weighted by Crippen LogP contribution is -1.99. The van der Waals surface area contributed by atoms with E-state index < -0.39 is 16.5 Å². The Hall–Kier alpha value is -0.970. The quantitative estimate of drug-likeness (QED) is 0.533. The summed E-state index contributed by atoms with van der Waals surface area (Å²) in [4.78, 5) is -0.430. The first-order chi connectivity index (χ1) is 9.56. The smallest absolute Gasteiger partial charge is 0.142 e. The van der Waals surface area contributed by atoms with Crippen LogP contribution >= 0.6 is 27.5 Å². The summed E-state index contributed by atoms with van der Waals surface area (Å²) in [6.45, 7) is 1.16. The molecule has 2 aromatic rings. The molecule has 0 amide bonds. The van der Waals surface area contributed by atoms with Crippen LogP contribution in [0.4, 0.5) is 8.78 Å². The van der Waals surface area contributed by atoms with E-state index in [1.807, 2.05) is 18.2 Å². The monoisotopic (exact) mass is 358 g/mol. The van der Waals surface area contributed by atoms with Crippen LogP contribution in [0.1, 0.15) is 27.1 Å². The van der Waals surface area contributed by atoms with Crippen LogP contribution < -0.4 is 0 Å². The molecule has 1 nitrogen and oxygen atoms in total. The van der Waals surface area contributed by atoms with E-state index in [-0.39, 0.29) is 10.6 Å². The van der Waals surface area contributed by atoms with Crippen LogP contribution in [-0.4, -0.2) is 0 Å². The predicted molar refractivity (Wildman–Crippen MR) is 77.1 cm³/mol. The average Bonchev–Trinajstić information content (AvgIpc) is 2.89. The first-order valence-electron chi connectivity index (χ1n) is 6.04. The number of hydrogen-bond donors (Lipinski definition) is 0. The van der Waals surface area contributed by atoms with Gasteiger partial charge in [-0.25, -0.2) is 8.78 Å². The van der Waals surface area contributed by atoms with E-state index in [4.69, 9.17) is 16.3 Å². The highest BCUT2D eigenvalue weighted by Gasteiger charge is 2.20. The van der Waals surface area contributed by atoms with Gasteiger partial charge in [-0.3, -0.25) is 0 Å². The Balaban J connectivity index is 2.00. The van der Waals surface area contributed by atoms with Crippen molar-refractivity contribution in [3.63, 3.8) is 0 Å². The fourth-order valence-corrected chi connectivity index (χ4v) is 3.05. The Morgan fingerprint density at radius 3 is 2.60 bits per heavy atom. The highest BCUT2D eigenvalue weighted by molar-refractivity contribution is 9.09. The standard InChI is InChI=1S/C15H10BrClF2O/c16-15(11-4-14(19)12(17)5-13(11)18)8-1-2-9-6-20-7-10(9)3-8/h1-5,15H,6-7H2. The molecule has 0 saturated heterocycles. The van der Waals surface area contributed by atoms with Gasteiger partial charge in [0.1, 0.15) is 11.6 Å². The second kappa shape index (κ2) is 5.43. The van der Waals surface area contributed by atoms with Crippen LogP contribution in [0.15, 0.2) is 30.3 Å². The number of benzene rings is 2. The lowest BCUT2D eigenvalue weighted by molar-refractivity contribution is 0.134. The van der Waals surface area contributed by atoms with Crippen molar-refractivity contribution < 1.29 is 13.5 Å². The third kappa shape index (κ3) is 2.48. The third-order valence-corrected chi connectivity index (χ3v) is 4.66. The Morgan fingerprint density at radius 2 is 1.80 bits per heavy atom. The first-order valence-corrected chi connectivity index (χ1v) is 7.33. The second-order valence-electron chi connectivity index (χ2n) is 4.67. The van der Waals surface area contributed by atoms with Gasteiger partial charge in [-0.05, 0) is 28.8 Å². The van der Waals surface area contributed by atoms with E-state index in [1.54, 1.807) is 0 Å². The number of hydrogen-bond acceptors (Lipinski definition) is 1. The molecule has 2 aromatic carbocycles. The molecular weight excluding hydrogens is 350 g/mol. The van der Waals surface area contributed by atoms with Crippen molar-refractivity contribution in [3.8, 4) is 0 Å². The van der Waals surface area contributed by atoms with Crippen molar-refractivity contribution in [2.24, 2.45) is 0 Å². The number of alkyl halides is 1. The average molecular weight is 360 g/mol. The molecule has 0 bridgehead atoms. The molecule has 1 atom stereocenters. The summed E-state index contributed by atoms with van der Waals surface area (Å²) in [5.74, 6) is -1.16. The van der Waals surface area contributed by atoms with E-state index >= 15 is 0 Å². The van der Waals surface area contributed by atoms with Gasteiger partial charge in [-0.15, -0.1) is 0 Å². The number of halogens is 4. The van der Waals surface area contributed by atoms with Gasteiger partial charge in [0, 0.05) is 5.56 Å². The summed E-state index contributed by atoms with van der Waals surface area (Å²) in [7, 11) is 0. The SMILES string of the molecule is Fc1cc(C(Br)c2ccc3c(c2)COC3)c(F)cc1Cl. The highest BCUT2D eigenvalue weighted by atomic mass is 79.9. The minimum atomic E-state index is -0.628. The van der Waals surface area contributed by atoms with Crippen molar-refractivity contribution in [2.45, 2.75) is 18.0 Å². The predicted octanol–water partition coefficient (Wildman–Crippen LogP) is 5.13. The van der Waals surface area contributed by atoms with E-state index in [0.717, 1.165) is 28.8 Å². The van der Waals surface area contributed by atoms with Crippen LogP contribution in [0.3, 0.4) is 0 Å². The Labute approximate surface area is 128 Å². The zero-order valence-corrected chi connectivity index (χ0v) is 12.6. The van der Waals surface area contributed by atoms with Crippen LogP contribution in [0.25, 0.3) is 0 Å². The summed E-state index contributed by atoms with van der Waals surface area (Å²) >= 11 is 8.99. The zero-order chi connectivity index (χ0) is 14.3. The van der Waals surface area contributed by atoms with Crippen molar-refractivity contribution in [3.05, 3.63) is 69.2 Å². The molecule has 1 unspecified atom stereocenters. The normalized spacial score (nSPS) is 15.2. The van der Waals surface area contributed by atoms with Gasteiger partial charge in [-0.2, -0.15) is 0 Å². The van der Waals surface area contributed by atoms with Crippen LogP contribution in [-0.2, 0) is 18.0 Å². The minimum absolute atomic E-state index is 0.215. The van der Waals surface area contributed by atoms with Gasteiger partial charge in [0.15, 0.2) is 0 Å². The lowest BCUT2D eigenvalue weighted by atomic mass is 10.00. The molecule has 0 N–H and O–H groups in total. The largest absolute Gasteiger partial charge is 0.372 e. The molecule has 0 spiro atoms. The third-order valence-electron chi connectivity index (χ3n) is 3.35. The highest BCUT2D eigenvalue weighted by Crippen LogP contribution is 2.36. The van der Waals surface area contributed by atoms with E-state index in [9.17, 15) is 8.78 Å². The van der Waals surface area contributed by atoms with Crippen LogP contribution in [0.5, 0.6) is 0 Å². The summed E-state index contributed by atoms with van der Waals surface area (Å²) in [5, 5.41) is -0.215. The molecular formula is C15H10BrClF2O. The van der Waals surface area contributed by atoms with E-state index in [0.29, 0.717) is 13.2 Å². The number of rotatable bonds is 2. The number of ether oxygens (including phenoxy) is 1. The molecule has 1 aliphatic rings. The molecule has 0 fully saturated rings. The van der Waals surface area contributed by atoms with Gasteiger partial charge in [0.25, 0.3) is 0 Å². The summed E-state index contributed by atoms with van der Waals surface area (Å²) in [6.07, 6.45) is 0. The van der Waals surface area contributed by atoms with E-state index in [1.165, 1.54) is 0 Å². The van der Waals surface area contributed by atoms with E-state index in [2.05, 4.69) is 15.9 Å². The van der Waals surface area contributed by atoms with Crippen LogP contribution in [0.2, 0.25) is 5.02 Å². The fraction of sp³-hybridized carbons (Fsp3) is 0.200. The Kier molecular flexibility index (Phi) is 3.80. The molecule has 3 rings (SSSR count). The molecule has 5 heteroatoms. The topological polar surface area (TPSA) is 9.23 Å². The molecule has 0 radical (unpaired) electrons. The van der Waals surface area contributed by atoms with Gasteiger partial charge in [-0.1, -0.05) is 45.7 Å². The lowest BCUT2D eigenvalue weighted by Gasteiger charge is -2.13. The number of fused-ring (bicyclic) bond motifs is 1. The summed E-state index contributed by atoms with van der Waals surface area (Å²) in [6, 6.07) is 7.92. The molecule has 104 valence electrons. The van der Waals surface area contributed by atoms with Crippen molar-refractivity contribution >= 4 is 27.5 Å². The summed E-state index contributed by atoms with van der Waals surface area (Å²) in [5.41, 5.74) is 3.30. The minimum Gasteiger partial charge on any atom is -0.372 e. The Morgan fingerprint density at radius 1 is 1.05 bits per heavy atom. The summed E-state index contributed by atoms with van der Waals surface area (Å²) < 4.78 is 32.8. The second-order valence-corrected chi connectivity index (χ2v) is 5.99. The van der Waals surface area contributed by atoms with Gasteiger partial charge >= 0.3 is 0 Å². The molecule has 1 aliphatic heterocycles. The van der Waals surface area contributed by atoms with Crippen molar-refractivity contribution in [2.75, 3.05) is 0 Å². The van der Waals surface area contributed by atoms with Gasteiger partial charge < -0.3 is 4.74 Å². The van der Waals surface area contributed by atoms with Gasteiger partial charge in [0.05, 0.1) is 23.1 Å². The zero-order valence-electron chi connectivity index (χ0n) is 10.3. The maximum atomic E-state index is 13.9. The maximum Gasteiger partial charge on any atom is 0.142 e. The molecule has 0 aromatic heterocycles. The Bertz CT molecular complexity index is 675. The first kappa shape index (κ1) is 14.0. The van der Waals surface area contributed by atoms with Gasteiger partial charge in [0.2, 0.25) is 0 Å². The fourth-order valence-electron chi connectivity index (χ4n) is 2.26. The van der Waals surface area contributed by atoms with Crippen molar-refractivity contribution in [1.82, 2.24) is 0 Å². The molecule has 0 saturated carbocycles. The molecule has 1 heterocycles. The van der Waals surface area contributed by atoms with Crippen molar-refractivity contribution in [1.29, 1.82) is 0 Å². The molecule has 0 aliphatic carbocycles. The molecule has 20 heavy (non-hydrogen) atoms.